The van der Waals surface area contributed by atoms with Crippen LogP contribution in [0.3, 0.4) is 0 Å². The van der Waals surface area contributed by atoms with Crippen LogP contribution in [0.1, 0.15) is 5.56 Å². The molecule has 2 amide bonds. The van der Waals surface area contributed by atoms with Crippen molar-refractivity contribution < 1.29 is 9.59 Å². The third-order valence-electron chi connectivity index (χ3n) is 2.80. The van der Waals surface area contributed by atoms with Gasteiger partial charge in [0.1, 0.15) is 0 Å². The average Bonchev–Trinajstić information content (AvgIpc) is 2.44. The Bertz CT molecular complexity index is 702. The molecule has 6 heteroatoms. The highest BCUT2D eigenvalue weighted by Crippen LogP contribution is 2.23. The Balaban J connectivity index is 2.06. The molecule has 0 spiro atoms. The first-order chi connectivity index (χ1) is 9.97. The molecule has 2 N–H and O–H groups in total. The van der Waals surface area contributed by atoms with E-state index in [9.17, 15) is 9.59 Å². The zero-order valence-electron chi connectivity index (χ0n) is 11.1. The van der Waals surface area contributed by atoms with Gasteiger partial charge < -0.3 is 10.6 Å². The van der Waals surface area contributed by atoms with Gasteiger partial charge in [0.25, 0.3) is 0 Å². The van der Waals surface area contributed by atoms with E-state index in [1.165, 1.54) is 0 Å². The second kappa shape index (κ2) is 6.61. The van der Waals surface area contributed by atoms with Crippen LogP contribution in [0.25, 0.3) is 0 Å². The van der Waals surface area contributed by atoms with Crippen molar-refractivity contribution in [1.82, 2.24) is 0 Å². The quantitative estimate of drug-likeness (QED) is 0.824. The minimum Gasteiger partial charge on any atom is -0.318 e. The summed E-state index contributed by atoms with van der Waals surface area (Å²) in [5.74, 6) is -1.56. The molecule has 0 bridgehead atoms. The van der Waals surface area contributed by atoms with Crippen LogP contribution < -0.4 is 10.6 Å². The Hall–Kier alpha value is -2.04. The highest BCUT2D eigenvalue weighted by molar-refractivity contribution is 6.44. The molecule has 2 rings (SSSR count). The lowest BCUT2D eigenvalue weighted by atomic mass is 10.2. The van der Waals surface area contributed by atoms with Crippen LogP contribution in [0, 0.1) is 6.92 Å². The minimum atomic E-state index is -0.781. The van der Waals surface area contributed by atoms with Crippen LogP contribution in [-0.2, 0) is 9.59 Å². The van der Waals surface area contributed by atoms with Gasteiger partial charge in [0, 0.05) is 21.4 Å². The molecule has 2 aromatic carbocycles. The van der Waals surface area contributed by atoms with Crippen molar-refractivity contribution in [2.24, 2.45) is 0 Å². The van der Waals surface area contributed by atoms with Gasteiger partial charge in [0.2, 0.25) is 0 Å². The van der Waals surface area contributed by atoms with E-state index in [4.69, 9.17) is 23.2 Å². The number of benzene rings is 2. The second-order valence-electron chi connectivity index (χ2n) is 4.33. The average molecular weight is 323 g/mol. The van der Waals surface area contributed by atoms with Crippen molar-refractivity contribution in [3.63, 3.8) is 0 Å². The van der Waals surface area contributed by atoms with Gasteiger partial charge >= 0.3 is 11.8 Å². The van der Waals surface area contributed by atoms with Gasteiger partial charge in [-0.05, 0) is 42.8 Å². The maximum atomic E-state index is 11.9. The predicted molar refractivity (Wildman–Crippen MR) is 84.9 cm³/mol. The van der Waals surface area contributed by atoms with E-state index in [1.54, 1.807) is 49.4 Å². The van der Waals surface area contributed by atoms with E-state index in [0.29, 0.717) is 27.0 Å². The molecular weight excluding hydrogens is 311 g/mol. The number of hydrogen-bond donors (Lipinski definition) is 2. The lowest BCUT2D eigenvalue weighted by Gasteiger charge is -2.09. The van der Waals surface area contributed by atoms with Crippen LogP contribution in [0.15, 0.2) is 42.5 Å². The Kier molecular flexibility index (Phi) is 4.83. The van der Waals surface area contributed by atoms with Gasteiger partial charge in [-0.25, -0.2) is 0 Å². The van der Waals surface area contributed by atoms with E-state index in [-0.39, 0.29) is 0 Å². The second-order valence-corrected chi connectivity index (χ2v) is 5.17. The molecule has 0 heterocycles. The van der Waals surface area contributed by atoms with E-state index in [2.05, 4.69) is 10.6 Å². The van der Waals surface area contributed by atoms with Gasteiger partial charge in [-0.3, -0.25) is 9.59 Å². The lowest BCUT2D eigenvalue weighted by molar-refractivity contribution is -0.133. The van der Waals surface area contributed by atoms with Crippen LogP contribution in [0.4, 0.5) is 11.4 Å². The van der Waals surface area contributed by atoms with Crippen molar-refractivity contribution in [1.29, 1.82) is 0 Å². The third-order valence-corrected chi connectivity index (χ3v) is 3.45. The Labute approximate surface area is 132 Å². The van der Waals surface area contributed by atoms with Crippen molar-refractivity contribution >= 4 is 46.4 Å². The van der Waals surface area contributed by atoms with Gasteiger partial charge in [0.05, 0.1) is 0 Å². The van der Waals surface area contributed by atoms with Crippen molar-refractivity contribution in [2.45, 2.75) is 6.92 Å². The third kappa shape index (κ3) is 3.97. The summed E-state index contributed by atoms with van der Waals surface area (Å²) >= 11 is 11.8. The number of amides is 2. The fourth-order valence-electron chi connectivity index (χ4n) is 1.68. The van der Waals surface area contributed by atoms with Crippen molar-refractivity contribution in [2.75, 3.05) is 10.6 Å². The largest absolute Gasteiger partial charge is 0.318 e. The number of halogens is 2. The SMILES string of the molecule is Cc1c(Cl)cccc1NC(=O)C(=O)Nc1cccc(Cl)c1. The molecule has 4 nitrogen and oxygen atoms in total. The van der Waals surface area contributed by atoms with E-state index in [1.807, 2.05) is 0 Å². The fourth-order valence-corrected chi connectivity index (χ4v) is 2.04. The molecule has 108 valence electrons. The van der Waals surface area contributed by atoms with E-state index >= 15 is 0 Å². The topological polar surface area (TPSA) is 58.2 Å². The number of rotatable bonds is 2. The van der Waals surface area contributed by atoms with Gasteiger partial charge in [-0.2, -0.15) is 0 Å². The minimum absolute atomic E-state index is 0.450. The summed E-state index contributed by atoms with van der Waals surface area (Å²) in [4.78, 5) is 23.7. The monoisotopic (exact) mass is 322 g/mol. The van der Waals surface area contributed by atoms with Crippen molar-refractivity contribution in [3.8, 4) is 0 Å². The maximum Gasteiger partial charge on any atom is 0.314 e. The number of hydrogen-bond acceptors (Lipinski definition) is 2. The maximum absolute atomic E-state index is 11.9. The summed E-state index contributed by atoms with van der Waals surface area (Å²) in [6.07, 6.45) is 0. The van der Waals surface area contributed by atoms with Gasteiger partial charge in [-0.1, -0.05) is 35.3 Å². The summed E-state index contributed by atoms with van der Waals surface area (Å²) in [7, 11) is 0. The van der Waals surface area contributed by atoms with Crippen molar-refractivity contribution in [3.05, 3.63) is 58.1 Å². The Morgan fingerprint density at radius 3 is 2.33 bits per heavy atom. The van der Waals surface area contributed by atoms with Crippen LogP contribution in [0.5, 0.6) is 0 Å². The highest BCUT2D eigenvalue weighted by Gasteiger charge is 2.15. The predicted octanol–water partition coefficient (Wildman–Crippen LogP) is 3.88. The summed E-state index contributed by atoms with van der Waals surface area (Å²) in [5.41, 5.74) is 1.64. The summed E-state index contributed by atoms with van der Waals surface area (Å²) in [6, 6.07) is 11.6. The van der Waals surface area contributed by atoms with E-state index in [0.717, 1.165) is 0 Å². The molecule has 21 heavy (non-hydrogen) atoms. The van der Waals surface area contributed by atoms with Gasteiger partial charge in [-0.15, -0.1) is 0 Å². The summed E-state index contributed by atoms with van der Waals surface area (Å²) < 4.78 is 0. The molecular formula is C15H12Cl2N2O2. The Morgan fingerprint density at radius 1 is 0.952 bits per heavy atom. The molecule has 0 aliphatic carbocycles. The summed E-state index contributed by atoms with van der Waals surface area (Å²) in [6.45, 7) is 1.76. The molecule has 0 saturated carbocycles. The molecule has 0 atom stereocenters. The standard InChI is InChI=1S/C15H12Cl2N2O2/c1-9-12(17)6-3-7-13(9)19-15(21)14(20)18-11-5-2-4-10(16)8-11/h2-8H,1H3,(H,18,20)(H,19,21). The fraction of sp³-hybridized carbons (Fsp3) is 0.0667. The zero-order chi connectivity index (χ0) is 15.4. The molecule has 0 saturated heterocycles. The number of carbonyl (C=O) groups is 2. The molecule has 0 fully saturated rings. The summed E-state index contributed by atoms with van der Waals surface area (Å²) in [5, 5.41) is 5.97. The zero-order valence-corrected chi connectivity index (χ0v) is 12.6. The number of carbonyl (C=O) groups excluding carboxylic acids is 2. The normalized spacial score (nSPS) is 10.0. The first kappa shape index (κ1) is 15.4. The molecule has 0 aliphatic rings. The molecule has 2 aromatic rings. The Morgan fingerprint density at radius 2 is 1.62 bits per heavy atom. The van der Waals surface area contributed by atoms with Crippen LogP contribution >= 0.6 is 23.2 Å². The smallest absolute Gasteiger partial charge is 0.314 e. The lowest BCUT2D eigenvalue weighted by Crippen LogP contribution is -2.29. The molecule has 0 aliphatic heterocycles. The number of anilines is 2. The molecule has 0 radical (unpaired) electrons. The first-order valence-electron chi connectivity index (χ1n) is 6.10. The van der Waals surface area contributed by atoms with Gasteiger partial charge in [0.15, 0.2) is 0 Å². The van der Waals surface area contributed by atoms with Crippen LogP contribution in [-0.4, -0.2) is 11.8 Å². The molecule has 0 aromatic heterocycles. The number of nitrogens with one attached hydrogen (secondary N) is 2. The molecule has 0 unspecified atom stereocenters. The van der Waals surface area contributed by atoms with Crippen LogP contribution in [0.2, 0.25) is 10.0 Å². The highest BCUT2D eigenvalue weighted by atomic mass is 35.5. The first-order valence-corrected chi connectivity index (χ1v) is 6.86. The van der Waals surface area contributed by atoms with E-state index < -0.39 is 11.8 Å².